The van der Waals surface area contributed by atoms with E-state index in [9.17, 15) is 10.0 Å². The van der Waals surface area contributed by atoms with Crippen LogP contribution < -0.4 is 0 Å². The predicted molar refractivity (Wildman–Crippen MR) is 97.9 cm³/mol. The number of aromatic hydroxyl groups is 1. The molecule has 0 spiro atoms. The maximum atomic E-state index is 11.2. The summed E-state index contributed by atoms with van der Waals surface area (Å²) in [6.07, 6.45) is 2.71. The molecule has 1 unspecified atom stereocenters. The molecule has 1 aromatic heterocycles. The van der Waals surface area contributed by atoms with Crippen LogP contribution in [0.1, 0.15) is 23.5 Å². The van der Waals surface area contributed by atoms with Crippen molar-refractivity contribution in [1.29, 1.82) is 0 Å². The number of benzene rings is 2. The first-order chi connectivity index (χ1) is 12.3. The van der Waals surface area contributed by atoms with E-state index in [-0.39, 0.29) is 5.75 Å². The van der Waals surface area contributed by atoms with Gasteiger partial charge in [-0.15, -0.1) is 4.91 Å². The lowest BCUT2D eigenvalue weighted by atomic mass is 9.99. The van der Waals surface area contributed by atoms with Gasteiger partial charge in [-0.05, 0) is 47.8 Å². The molecule has 0 aliphatic carbocycles. The van der Waals surface area contributed by atoms with Gasteiger partial charge >= 0.3 is 0 Å². The van der Waals surface area contributed by atoms with Gasteiger partial charge in [0.25, 0.3) is 0 Å². The average molecular weight is 333 g/mol. The topological polar surface area (TPSA) is 65.8 Å². The maximum absolute atomic E-state index is 11.2. The van der Waals surface area contributed by atoms with Crippen molar-refractivity contribution in [2.24, 2.45) is 5.18 Å². The lowest BCUT2D eigenvalue weighted by molar-refractivity contribution is 0.320. The van der Waals surface area contributed by atoms with E-state index in [0.29, 0.717) is 34.6 Å². The van der Waals surface area contributed by atoms with E-state index < -0.39 is 0 Å². The molecule has 126 valence electrons. The molecule has 5 nitrogen and oxygen atoms in total. The second-order valence-electron chi connectivity index (χ2n) is 6.53. The molecule has 2 heterocycles. The second-order valence-corrected chi connectivity index (χ2v) is 6.53. The predicted octanol–water partition coefficient (Wildman–Crippen LogP) is 4.33. The van der Waals surface area contributed by atoms with Crippen molar-refractivity contribution in [2.75, 3.05) is 13.1 Å². The molecule has 3 aromatic rings. The van der Waals surface area contributed by atoms with E-state index in [1.54, 1.807) is 24.4 Å². The number of pyridine rings is 1. The molecule has 2 aromatic carbocycles. The summed E-state index contributed by atoms with van der Waals surface area (Å²) in [6.45, 7) is 2.49. The minimum atomic E-state index is 0.145. The minimum absolute atomic E-state index is 0.145. The molecular weight excluding hydrogens is 314 g/mol. The lowest BCUT2D eigenvalue weighted by Crippen LogP contribution is -2.19. The van der Waals surface area contributed by atoms with Crippen LogP contribution in [0.25, 0.3) is 10.9 Å². The fourth-order valence-corrected chi connectivity index (χ4v) is 3.67. The van der Waals surface area contributed by atoms with Gasteiger partial charge in [0.05, 0.1) is 0 Å². The van der Waals surface area contributed by atoms with Crippen LogP contribution in [0.3, 0.4) is 0 Å². The first-order valence-corrected chi connectivity index (χ1v) is 8.46. The number of phenols is 1. The van der Waals surface area contributed by atoms with Crippen LogP contribution in [-0.4, -0.2) is 28.1 Å². The van der Waals surface area contributed by atoms with Gasteiger partial charge in [-0.25, -0.2) is 0 Å². The number of likely N-dealkylation sites (tertiary alicyclic amines) is 1. The fourth-order valence-electron chi connectivity index (χ4n) is 3.67. The molecule has 0 saturated carbocycles. The van der Waals surface area contributed by atoms with Crippen LogP contribution in [-0.2, 0) is 6.54 Å². The Bertz CT molecular complexity index is 911. The number of aromatic nitrogens is 1. The molecule has 4 rings (SSSR count). The first-order valence-electron chi connectivity index (χ1n) is 8.46. The highest BCUT2D eigenvalue weighted by Crippen LogP contribution is 2.36. The monoisotopic (exact) mass is 333 g/mol. The Kier molecular flexibility index (Phi) is 4.15. The Labute approximate surface area is 145 Å². The van der Waals surface area contributed by atoms with Crippen LogP contribution >= 0.6 is 0 Å². The van der Waals surface area contributed by atoms with Crippen molar-refractivity contribution in [2.45, 2.75) is 18.9 Å². The number of nitrogens with zero attached hydrogens (tertiary/aromatic N) is 3. The molecule has 25 heavy (non-hydrogen) atoms. The Morgan fingerprint density at radius 2 is 2.04 bits per heavy atom. The second kappa shape index (κ2) is 6.61. The van der Waals surface area contributed by atoms with Gasteiger partial charge in [-0.1, -0.05) is 30.3 Å². The zero-order valence-corrected chi connectivity index (χ0v) is 13.8. The van der Waals surface area contributed by atoms with Gasteiger partial charge < -0.3 is 5.11 Å². The average Bonchev–Trinajstić information content (AvgIpc) is 3.13. The lowest BCUT2D eigenvalue weighted by Gasteiger charge is -2.18. The summed E-state index contributed by atoms with van der Waals surface area (Å²) in [7, 11) is 0. The molecule has 1 atom stereocenters. The number of nitroso groups, excluding NO2 is 1. The Hall–Kier alpha value is -2.79. The molecule has 0 radical (unpaired) electrons. The molecule has 1 N–H and O–H groups in total. The van der Waals surface area contributed by atoms with Crippen molar-refractivity contribution in [1.82, 2.24) is 9.88 Å². The van der Waals surface area contributed by atoms with Gasteiger partial charge in [0.2, 0.25) is 0 Å². The van der Waals surface area contributed by atoms with Crippen molar-refractivity contribution in [3.05, 3.63) is 70.8 Å². The maximum Gasteiger partial charge on any atom is 0.146 e. The van der Waals surface area contributed by atoms with Gasteiger partial charge in [-0.3, -0.25) is 9.88 Å². The van der Waals surface area contributed by atoms with E-state index in [1.807, 2.05) is 6.07 Å². The zero-order valence-electron chi connectivity index (χ0n) is 13.8. The smallest absolute Gasteiger partial charge is 0.146 e. The summed E-state index contributed by atoms with van der Waals surface area (Å²) < 4.78 is 0. The number of hydrogen-bond donors (Lipinski definition) is 1. The van der Waals surface area contributed by atoms with Gasteiger partial charge in [0.15, 0.2) is 0 Å². The van der Waals surface area contributed by atoms with Crippen LogP contribution in [0.2, 0.25) is 0 Å². The SMILES string of the molecule is O=Nc1cc(CN2CCC(c3ccccc3)C2)c(O)c2ncccc12. The normalized spacial score (nSPS) is 17.8. The van der Waals surface area contributed by atoms with E-state index in [2.05, 4.69) is 39.3 Å². The quantitative estimate of drug-likeness (QED) is 0.722. The Balaban J connectivity index is 1.59. The molecular formula is C20H19N3O2. The van der Waals surface area contributed by atoms with Gasteiger partial charge in [0, 0.05) is 30.2 Å². The summed E-state index contributed by atoms with van der Waals surface area (Å²) in [5, 5.41) is 14.3. The van der Waals surface area contributed by atoms with E-state index in [0.717, 1.165) is 19.5 Å². The summed E-state index contributed by atoms with van der Waals surface area (Å²) in [5.41, 5.74) is 2.82. The minimum Gasteiger partial charge on any atom is -0.505 e. The summed E-state index contributed by atoms with van der Waals surface area (Å²) in [4.78, 5) is 17.7. The first kappa shape index (κ1) is 15.7. The molecule has 1 aliphatic rings. The van der Waals surface area contributed by atoms with Gasteiger partial charge in [0.1, 0.15) is 17.0 Å². The van der Waals surface area contributed by atoms with Crippen molar-refractivity contribution in [3.63, 3.8) is 0 Å². The number of fused-ring (bicyclic) bond motifs is 1. The van der Waals surface area contributed by atoms with Crippen molar-refractivity contribution >= 4 is 16.6 Å². The Morgan fingerprint density at radius 1 is 1.20 bits per heavy atom. The van der Waals surface area contributed by atoms with Crippen LogP contribution in [0.4, 0.5) is 5.69 Å². The number of hydrogen-bond acceptors (Lipinski definition) is 5. The summed E-state index contributed by atoms with van der Waals surface area (Å²) in [5.74, 6) is 0.650. The number of phenolic OH excluding ortho intramolecular Hbond substituents is 1. The standard InChI is InChI=1S/C20H19N3O2/c24-20-16(11-18(22-25)17-7-4-9-21-19(17)20)13-23-10-8-15(12-23)14-5-2-1-3-6-14/h1-7,9,11,15,24H,8,10,12-13H2. The zero-order chi connectivity index (χ0) is 17.2. The van der Waals surface area contributed by atoms with E-state index >= 15 is 0 Å². The molecule has 0 bridgehead atoms. The summed E-state index contributed by atoms with van der Waals surface area (Å²) >= 11 is 0. The molecule has 0 amide bonds. The highest BCUT2D eigenvalue weighted by atomic mass is 16.3. The third kappa shape index (κ3) is 2.98. The third-order valence-corrected chi connectivity index (χ3v) is 4.96. The number of rotatable bonds is 4. The van der Waals surface area contributed by atoms with Crippen molar-refractivity contribution in [3.8, 4) is 5.75 Å². The van der Waals surface area contributed by atoms with E-state index in [4.69, 9.17) is 0 Å². The summed E-state index contributed by atoms with van der Waals surface area (Å²) in [6, 6.07) is 15.7. The third-order valence-electron chi connectivity index (χ3n) is 4.96. The van der Waals surface area contributed by atoms with Crippen molar-refractivity contribution < 1.29 is 5.11 Å². The van der Waals surface area contributed by atoms with Crippen LogP contribution in [0, 0.1) is 4.91 Å². The highest BCUT2D eigenvalue weighted by molar-refractivity contribution is 5.94. The van der Waals surface area contributed by atoms with E-state index in [1.165, 1.54) is 5.56 Å². The molecule has 5 heteroatoms. The van der Waals surface area contributed by atoms with Crippen LogP contribution in [0.5, 0.6) is 5.75 Å². The highest BCUT2D eigenvalue weighted by Gasteiger charge is 2.25. The van der Waals surface area contributed by atoms with Gasteiger partial charge in [-0.2, -0.15) is 0 Å². The van der Waals surface area contributed by atoms with Crippen LogP contribution in [0.15, 0.2) is 59.9 Å². The Morgan fingerprint density at radius 3 is 2.84 bits per heavy atom. The molecule has 1 fully saturated rings. The fraction of sp³-hybridized carbons (Fsp3) is 0.250. The largest absolute Gasteiger partial charge is 0.505 e. The molecule has 1 saturated heterocycles. The molecule has 1 aliphatic heterocycles.